The normalized spacial score (nSPS) is 25.8. The molecule has 2 N–H and O–H groups in total. The highest BCUT2D eigenvalue weighted by Crippen LogP contribution is 2.32. The molecule has 108 valence electrons. The van der Waals surface area contributed by atoms with Crippen LogP contribution in [0, 0.1) is 5.92 Å². The molecule has 1 saturated carbocycles. The number of carbonyl (C=O) groups is 1. The van der Waals surface area contributed by atoms with Crippen LogP contribution in [0.4, 0.5) is 5.95 Å². The predicted molar refractivity (Wildman–Crippen MR) is 74.2 cm³/mol. The van der Waals surface area contributed by atoms with Crippen LogP contribution < -0.4 is 10.2 Å². The first-order valence-electron chi connectivity index (χ1n) is 7.16. The second-order valence-corrected chi connectivity index (χ2v) is 5.87. The van der Waals surface area contributed by atoms with Gasteiger partial charge in [0.25, 0.3) is 0 Å². The van der Waals surface area contributed by atoms with Crippen molar-refractivity contribution in [2.75, 3.05) is 24.5 Å². The molecule has 6 nitrogen and oxygen atoms in total. The molecular formula is C14H20N4O2. The predicted octanol–water partition coefficient (Wildman–Crippen LogP) is 0.334. The Labute approximate surface area is 118 Å². The molecule has 20 heavy (non-hydrogen) atoms. The third kappa shape index (κ3) is 3.25. The number of β-amino-alcohol motifs (C(OH)–C–C–N with tert-alkyl or cyclic N) is 1. The summed E-state index contributed by atoms with van der Waals surface area (Å²) in [6, 6.07) is 1.77. The average Bonchev–Trinajstić information content (AvgIpc) is 3.18. The number of anilines is 1. The van der Waals surface area contributed by atoms with Gasteiger partial charge in [0.15, 0.2) is 0 Å². The number of carbonyl (C=O) groups excluding carboxylic acids is 1. The highest BCUT2D eigenvalue weighted by atomic mass is 16.3. The molecule has 2 aliphatic rings. The van der Waals surface area contributed by atoms with Crippen molar-refractivity contribution in [3.8, 4) is 0 Å². The van der Waals surface area contributed by atoms with E-state index >= 15 is 0 Å². The summed E-state index contributed by atoms with van der Waals surface area (Å²) in [5, 5.41) is 13.4. The largest absolute Gasteiger partial charge is 0.386 e. The monoisotopic (exact) mass is 276 g/mol. The minimum atomic E-state index is -0.877. The van der Waals surface area contributed by atoms with Gasteiger partial charge in [0.05, 0.1) is 6.54 Å². The van der Waals surface area contributed by atoms with Crippen LogP contribution in [0.3, 0.4) is 0 Å². The zero-order chi connectivity index (χ0) is 14.0. The van der Waals surface area contributed by atoms with E-state index in [0.29, 0.717) is 44.3 Å². The number of hydrogen-bond donors (Lipinski definition) is 2. The van der Waals surface area contributed by atoms with Crippen molar-refractivity contribution in [1.82, 2.24) is 15.3 Å². The Morgan fingerprint density at radius 2 is 2.20 bits per heavy atom. The molecule has 3 rings (SSSR count). The van der Waals surface area contributed by atoms with Crippen molar-refractivity contribution in [2.45, 2.75) is 31.3 Å². The molecule has 0 radical (unpaired) electrons. The molecule has 1 atom stereocenters. The van der Waals surface area contributed by atoms with Gasteiger partial charge in [0.2, 0.25) is 11.9 Å². The second-order valence-electron chi connectivity index (χ2n) is 5.87. The lowest BCUT2D eigenvalue weighted by Crippen LogP contribution is -2.45. The number of amides is 1. The summed E-state index contributed by atoms with van der Waals surface area (Å²) in [6.45, 7) is 1.47. The molecule has 1 aliphatic carbocycles. The number of rotatable bonds is 5. The molecule has 2 heterocycles. The summed E-state index contributed by atoms with van der Waals surface area (Å²) in [4.78, 5) is 22.0. The molecule has 1 amide bonds. The van der Waals surface area contributed by atoms with Gasteiger partial charge < -0.3 is 15.3 Å². The molecule has 6 heteroatoms. The summed E-state index contributed by atoms with van der Waals surface area (Å²) in [6.07, 6.45) is 6.93. The lowest BCUT2D eigenvalue weighted by Gasteiger charge is -2.23. The zero-order valence-electron chi connectivity index (χ0n) is 11.5. The fourth-order valence-corrected chi connectivity index (χ4v) is 2.55. The van der Waals surface area contributed by atoms with Crippen LogP contribution >= 0.6 is 0 Å². The molecule has 1 aromatic rings. The Bertz CT molecular complexity index is 477. The maximum absolute atomic E-state index is 11.7. The third-order valence-electron chi connectivity index (χ3n) is 3.95. The van der Waals surface area contributed by atoms with E-state index in [-0.39, 0.29) is 5.91 Å². The van der Waals surface area contributed by atoms with Gasteiger partial charge in [-0.2, -0.15) is 0 Å². The number of hydrogen-bond acceptors (Lipinski definition) is 5. The summed E-state index contributed by atoms with van der Waals surface area (Å²) < 4.78 is 0. The van der Waals surface area contributed by atoms with Gasteiger partial charge in [-0.3, -0.25) is 4.79 Å². The quantitative estimate of drug-likeness (QED) is 0.810. The first-order chi connectivity index (χ1) is 9.65. The van der Waals surface area contributed by atoms with Crippen molar-refractivity contribution in [2.24, 2.45) is 5.92 Å². The number of aromatic nitrogens is 2. The van der Waals surface area contributed by atoms with E-state index in [4.69, 9.17) is 0 Å². The molecule has 0 spiro atoms. The van der Waals surface area contributed by atoms with Gasteiger partial charge in [-0.05, 0) is 31.2 Å². The molecule has 0 aromatic carbocycles. The smallest absolute Gasteiger partial charge is 0.225 e. The third-order valence-corrected chi connectivity index (χ3v) is 3.95. The summed E-state index contributed by atoms with van der Waals surface area (Å²) in [5.41, 5.74) is -0.877. The minimum absolute atomic E-state index is 0.0512. The van der Waals surface area contributed by atoms with Crippen LogP contribution in [0.5, 0.6) is 0 Å². The van der Waals surface area contributed by atoms with E-state index in [2.05, 4.69) is 15.3 Å². The number of nitrogens with zero attached hydrogens (tertiary/aromatic N) is 3. The fraction of sp³-hybridized carbons (Fsp3) is 0.643. The SMILES string of the molecule is O=C(CC1CC1)NC[C@@]1(O)CCN(c2ncccn2)C1. The lowest BCUT2D eigenvalue weighted by atomic mass is 10.0. The lowest BCUT2D eigenvalue weighted by molar-refractivity contribution is -0.122. The molecule has 1 saturated heterocycles. The maximum atomic E-state index is 11.7. The topological polar surface area (TPSA) is 78.4 Å². The van der Waals surface area contributed by atoms with Crippen molar-refractivity contribution >= 4 is 11.9 Å². The van der Waals surface area contributed by atoms with E-state index in [1.54, 1.807) is 18.5 Å². The highest BCUT2D eigenvalue weighted by molar-refractivity contribution is 5.76. The standard InChI is InChI=1S/C14H20N4O2/c19-12(8-11-2-3-11)17-9-14(20)4-7-18(10-14)13-15-5-1-6-16-13/h1,5-6,11,20H,2-4,7-10H2,(H,17,19)/t14-/m0/s1. The average molecular weight is 276 g/mol. The van der Waals surface area contributed by atoms with E-state index in [9.17, 15) is 9.90 Å². The Morgan fingerprint density at radius 3 is 2.90 bits per heavy atom. The van der Waals surface area contributed by atoms with Gasteiger partial charge in [0, 0.05) is 31.9 Å². The van der Waals surface area contributed by atoms with Crippen molar-refractivity contribution in [3.05, 3.63) is 18.5 Å². The van der Waals surface area contributed by atoms with Crippen LogP contribution in [-0.4, -0.2) is 46.2 Å². The Kier molecular flexibility index (Phi) is 3.56. The number of aliphatic hydroxyl groups is 1. The van der Waals surface area contributed by atoms with E-state index in [1.807, 2.05) is 4.90 Å². The summed E-state index contributed by atoms with van der Waals surface area (Å²) >= 11 is 0. The highest BCUT2D eigenvalue weighted by Gasteiger charge is 2.37. The molecular weight excluding hydrogens is 256 g/mol. The van der Waals surface area contributed by atoms with Crippen molar-refractivity contribution in [1.29, 1.82) is 0 Å². The minimum Gasteiger partial charge on any atom is -0.386 e. The van der Waals surface area contributed by atoms with E-state index in [1.165, 1.54) is 0 Å². The van der Waals surface area contributed by atoms with Crippen molar-refractivity contribution < 1.29 is 9.90 Å². The van der Waals surface area contributed by atoms with Crippen molar-refractivity contribution in [3.63, 3.8) is 0 Å². The number of nitrogens with one attached hydrogen (secondary N) is 1. The Hall–Kier alpha value is -1.69. The zero-order valence-corrected chi connectivity index (χ0v) is 11.5. The Morgan fingerprint density at radius 1 is 1.45 bits per heavy atom. The molecule has 2 fully saturated rings. The van der Waals surface area contributed by atoms with Crippen LogP contribution in [0.15, 0.2) is 18.5 Å². The first kappa shape index (κ1) is 13.3. The molecule has 0 bridgehead atoms. The van der Waals surface area contributed by atoms with Gasteiger partial charge in [-0.25, -0.2) is 9.97 Å². The summed E-state index contributed by atoms with van der Waals surface area (Å²) in [5.74, 6) is 1.26. The molecule has 0 unspecified atom stereocenters. The fourth-order valence-electron chi connectivity index (χ4n) is 2.55. The van der Waals surface area contributed by atoms with E-state index in [0.717, 1.165) is 12.8 Å². The second kappa shape index (κ2) is 5.36. The molecule has 1 aliphatic heterocycles. The molecule has 1 aromatic heterocycles. The van der Waals surface area contributed by atoms with Gasteiger partial charge in [0.1, 0.15) is 5.60 Å². The Balaban J connectivity index is 1.50. The van der Waals surface area contributed by atoms with Crippen LogP contribution in [0.2, 0.25) is 0 Å². The van der Waals surface area contributed by atoms with Crippen LogP contribution in [0.1, 0.15) is 25.7 Å². The summed E-state index contributed by atoms with van der Waals surface area (Å²) in [7, 11) is 0. The van der Waals surface area contributed by atoms with Gasteiger partial charge in [-0.1, -0.05) is 0 Å². The van der Waals surface area contributed by atoms with Crippen LogP contribution in [0.25, 0.3) is 0 Å². The maximum Gasteiger partial charge on any atom is 0.225 e. The first-order valence-corrected chi connectivity index (χ1v) is 7.16. The van der Waals surface area contributed by atoms with Gasteiger partial charge in [-0.15, -0.1) is 0 Å². The van der Waals surface area contributed by atoms with E-state index < -0.39 is 5.60 Å². The van der Waals surface area contributed by atoms with Gasteiger partial charge >= 0.3 is 0 Å². The van der Waals surface area contributed by atoms with Crippen LogP contribution in [-0.2, 0) is 4.79 Å².